The molecular weight excluding hydrogens is 391 g/mol. The number of carbonyl (C=O) groups is 2. The summed E-state index contributed by atoms with van der Waals surface area (Å²) in [6, 6.07) is 8.13. The molecule has 0 aliphatic heterocycles. The molecule has 0 fully saturated rings. The molecule has 2 aromatic carbocycles. The van der Waals surface area contributed by atoms with Crippen molar-refractivity contribution in [2.24, 2.45) is 0 Å². The molecule has 1 aromatic heterocycles. The van der Waals surface area contributed by atoms with E-state index in [1.54, 1.807) is 24.3 Å². The predicted octanol–water partition coefficient (Wildman–Crippen LogP) is 1.35. The van der Waals surface area contributed by atoms with Gasteiger partial charge in [-0.05, 0) is 24.3 Å². The van der Waals surface area contributed by atoms with Crippen LogP contribution < -0.4 is 16.2 Å². The van der Waals surface area contributed by atoms with Gasteiger partial charge in [-0.2, -0.15) is 0 Å². The summed E-state index contributed by atoms with van der Waals surface area (Å²) in [6.07, 6.45) is -0.167. The number of nitrogens with one attached hydrogen (secondary N) is 2. The Morgan fingerprint density at radius 1 is 1.00 bits per heavy atom. The van der Waals surface area contributed by atoms with Crippen molar-refractivity contribution in [2.45, 2.75) is 13.0 Å². The molecule has 2 amide bonds. The first kappa shape index (κ1) is 20.0. The quantitative estimate of drug-likeness (QED) is 0.603. The van der Waals surface area contributed by atoms with Crippen LogP contribution in [0.5, 0.6) is 0 Å². The van der Waals surface area contributed by atoms with E-state index in [-0.39, 0.29) is 13.0 Å². The summed E-state index contributed by atoms with van der Waals surface area (Å²) in [6.45, 7) is -0.600. The fraction of sp³-hybridized carbons (Fsp3) is 0.167. The highest BCUT2D eigenvalue weighted by Gasteiger charge is 2.15. The maximum atomic E-state index is 13.5. The number of aromatic nitrogens is 3. The van der Waals surface area contributed by atoms with Crippen LogP contribution in [0.3, 0.4) is 0 Å². The van der Waals surface area contributed by atoms with Crippen LogP contribution in [0.1, 0.15) is 6.42 Å². The van der Waals surface area contributed by atoms with Gasteiger partial charge in [-0.15, -0.1) is 5.10 Å². The summed E-state index contributed by atoms with van der Waals surface area (Å²) in [7, 11) is 0. The molecular formula is C18H14F3N5O3. The molecule has 0 saturated carbocycles. The average molecular weight is 405 g/mol. The molecule has 1 heterocycles. The van der Waals surface area contributed by atoms with Gasteiger partial charge < -0.3 is 10.6 Å². The second-order valence-corrected chi connectivity index (χ2v) is 5.93. The molecule has 0 radical (unpaired) electrons. The molecule has 0 unspecified atom stereocenters. The van der Waals surface area contributed by atoms with E-state index in [2.05, 4.69) is 15.6 Å². The van der Waals surface area contributed by atoms with Crippen LogP contribution in [-0.2, 0) is 16.1 Å². The molecule has 150 valence electrons. The van der Waals surface area contributed by atoms with E-state index in [0.29, 0.717) is 17.0 Å². The molecule has 0 aliphatic rings. The van der Waals surface area contributed by atoms with Crippen molar-refractivity contribution in [1.29, 1.82) is 0 Å². The number of anilines is 1. The number of rotatable bonds is 6. The van der Waals surface area contributed by atoms with Gasteiger partial charge in [0.1, 0.15) is 5.52 Å². The molecule has 0 atom stereocenters. The Morgan fingerprint density at radius 3 is 2.55 bits per heavy atom. The van der Waals surface area contributed by atoms with Gasteiger partial charge in [0, 0.05) is 6.42 Å². The van der Waals surface area contributed by atoms with Crippen LogP contribution in [0.15, 0.2) is 41.2 Å². The number of nitrogens with zero attached hydrogens (tertiary/aromatic N) is 3. The Labute approximate surface area is 161 Å². The first-order chi connectivity index (χ1) is 13.9. The Bertz CT molecular complexity index is 1150. The normalized spacial score (nSPS) is 10.7. The highest BCUT2D eigenvalue weighted by atomic mass is 19.2. The minimum Gasteiger partial charge on any atom is -0.347 e. The molecule has 0 aliphatic carbocycles. The van der Waals surface area contributed by atoms with E-state index in [1.807, 2.05) is 5.32 Å². The van der Waals surface area contributed by atoms with Gasteiger partial charge in [-0.25, -0.2) is 17.9 Å². The van der Waals surface area contributed by atoms with Crippen LogP contribution in [0.2, 0.25) is 0 Å². The second kappa shape index (κ2) is 8.50. The lowest BCUT2D eigenvalue weighted by Gasteiger charge is -2.09. The molecule has 0 bridgehead atoms. The molecule has 11 heteroatoms. The average Bonchev–Trinajstić information content (AvgIpc) is 2.72. The van der Waals surface area contributed by atoms with Gasteiger partial charge >= 0.3 is 0 Å². The summed E-state index contributed by atoms with van der Waals surface area (Å²) >= 11 is 0. The zero-order valence-corrected chi connectivity index (χ0v) is 14.8. The van der Waals surface area contributed by atoms with Crippen molar-refractivity contribution < 1.29 is 22.8 Å². The summed E-state index contributed by atoms with van der Waals surface area (Å²) < 4.78 is 40.6. The largest absolute Gasteiger partial charge is 0.347 e. The van der Waals surface area contributed by atoms with E-state index >= 15 is 0 Å². The third-order valence-electron chi connectivity index (χ3n) is 3.94. The monoisotopic (exact) mass is 405 g/mol. The summed E-state index contributed by atoms with van der Waals surface area (Å²) in [5, 5.41) is 12.3. The Kier molecular flexibility index (Phi) is 5.86. The van der Waals surface area contributed by atoms with Gasteiger partial charge in [-0.3, -0.25) is 14.4 Å². The van der Waals surface area contributed by atoms with E-state index in [1.165, 1.54) is 0 Å². The van der Waals surface area contributed by atoms with Gasteiger partial charge in [-0.1, -0.05) is 17.3 Å². The lowest BCUT2D eigenvalue weighted by atomic mass is 10.2. The fourth-order valence-electron chi connectivity index (χ4n) is 2.46. The number of hydrogen-bond donors (Lipinski definition) is 2. The lowest BCUT2D eigenvalue weighted by molar-refractivity contribution is -0.124. The maximum Gasteiger partial charge on any atom is 0.277 e. The first-order valence-corrected chi connectivity index (χ1v) is 8.39. The zero-order valence-electron chi connectivity index (χ0n) is 14.8. The molecule has 2 N–H and O–H groups in total. The Balaban J connectivity index is 1.53. The Hall–Kier alpha value is -3.76. The topological polar surface area (TPSA) is 106 Å². The number of hydrogen-bond acceptors (Lipinski definition) is 5. The highest BCUT2D eigenvalue weighted by Crippen LogP contribution is 2.19. The second-order valence-electron chi connectivity index (χ2n) is 5.93. The summed E-state index contributed by atoms with van der Waals surface area (Å²) in [5.41, 5.74) is -0.532. The van der Waals surface area contributed by atoms with Crippen LogP contribution in [-0.4, -0.2) is 33.4 Å². The standard InChI is InChI=1S/C18H14F3N5O3/c19-11-5-6-13(17(21)16(11)20)23-15(28)9-22-14(27)7-8-26-18(29)10-3-1-2-4-12(10)24-25-26/h1-6H,7-9H2,(H,22,27)(H,23,28). The van der Waals surface area contributed by atoms with E-state index < -0.39 is 47.1 Å². The van der Waals surface area contributed by atoms with Crippen molar-refractivity contribution in [2.75, 3.05) is 11.9 Å². The predicted molar refractivity (Wildman–Crippen MR) is 96.4 cm³/mol. The number of halogens is 3. The summed E-state index contributed by atoms with van der Waals surface area (Å²) in [4.78, 5) is 35.9. The third-order valence-corrected chi connectivity index (χ3v) is 3.94. The smallest absolute Gasteiger partial charge is 0.277 e. The van der Waals surface area contributed by atoms with Crippen molar-refractivity contribution in [3.05, 3.63) is 64.2 Å². The zero-order chi connectivity index (χ0) is 21.0. The highest BCUT2D eigenvalue weighted by molar-refractivity contribution is 5.94. The van der Waals surface area contributed by atoms with Crippen LogP contribution in [0, 0.1) is 17.5 Å². The third kappa shape index (κ3) is 4.57. The molecule has 3 aromatic rings. The molecule has 29 heavy (non-hydrogen) atoms. The lowest BCUT2D eigenvalue weighted by Crippen LogP contribution is -2.34. The van der Waals surface area contributed by atoms with Crippen LogP contribution in [0.25, 0.3) is 10.9 Å². The van der Waals surface area contributed by atoms with Gasteiger partial charge in [0.15, 0.2) is 17.5 Å². The van der Waals surface area contributed by atoms with E-state index in [9.17, 15) is 27.6 Å². The number of fused-ring (bicyclic) bond motifs is 1. The van der Waals surface area contributed by atoms with Crippen molar-refractivity contribution in [3.8, 4) is 0 Å². The van der Waals surface area contributed by atoms with Crippen molar-refractivity contribution in [3.63, 3.8) is 0 Å². The fourth-order valence-corrected chi connectivity index (χ4v) is 2.46. The molecule has 0 saturated heterocycles. The molecule has 0 spiro atoms. The van der Waals surface area contributed by atoms with E-state index in [0.717, 1.165) is 10.7 Å². The van der Waals surface area contributed by atoms with Crippen LogP contribution in [0.4, 0.5) is 18.9 Å². The summed E-state index contributed by atoms with van der Waals surface area (Å²) in [5.74, 6) is -6.06. The minimum atomic E-state index is -1.71. The number of benzene rings is 2. The van der Waals surface area contributed by atoms with Gasteiger partial charge in [0.25, 0.3) is 5.56 Å². The molecule has 8 nitrogen and oxygen atoms in total. The van der Waals surface area contributed by atoms with Crippen molar-refractivity contribution >= 4 is 28.4 Å². The minimum absolute atomic E-state index is 0.0675. The van der Waals surface area contributed by atoms with E-state index in [4.69, 9.17) is 0 Å². The number of amides is 2. The maximum absolute atomic E-state index is 13.5. The van der Waals surface area contributed by atoms with Gasteiger partial charge in [0.05, 0.1) is 24.2 Å². The SMILES string of the molecule is O=C(CCn1nnc2ccccc2c1=O)NCC(=O)Nc1ccc(F)c(F)c1F. The first-order valence-electron chi connectivity index (χ1n) is 8.39. The van der Waals surface area contributed by atoms with Gasteiger partial charge in [0.2, 0.25) is 11.8 Å². The number of carbonyl (C=O) groups excluding carboxylic acids is 2. The number of aryl methyl sites for hydroxylation is 1. The molecule has 3 rings (SSSR count). The Morgan fingerprint density at radius 2 is 1.76 bits per heavy atom. The van der Waals surface area contributed by atoms with Crippen LogP contribution >= 0.6 is 0 Å². The van der Waals surface area contributed by atoms with Crippen molar-refractivity contribution in [1.82, 2.24) is 20.3 Å².